The minimum atomic E-state index is -0.565. The molecule has 8 heteroatoms. The second kappa shape index (κ2) is 8.36. The molecule has 7 nitrogen and oxygen atoms in total. The molecule has 0 atom stereocenters. The molecule has 1 N–H and O–H groups in total. The molecule has 2 aromatic carbocycles. The van der Waals surface area contributed by atoms with Crippen LogP contribution in [-0.2, 0) is 7.05 Å². The van der Waals surface area contributed by atoms with E-state index in [2.05, 4.69) is 15.3 Å². The molecule has 4 aromatic rings. The molecule has 1 fully saturated rings. The van der Waals surface area contributed by atoms with Crippen LogP contribution >= 0.6 is 0 Å². The number of hydrogen-bond donors (Lipinski definition) is 1. The number of aryl methyl sites for hydroxylation is 1. The highest BCUT2D eigenvalue weighted by Crippen LogP contribution is 2.33. The average molecular weight is 427 g/mol. The number of fused-ring (bicyclic) bond motifs is 1. The third-order valence-electron chi connectivity index (χ3n) is 5.68. The van der Waals surface area contributed by atoms with E-state index in [0.29, 0.717) is 17.0 Å². The van der Waals surface area contributed by atoms with Crippen molar-refractivity contribution in [3.05, 3.63) is 60.2 Å². The zero-order valence-corrected chi connectivity index (χ0v) is 17.7. The minimum absolute atomic E-state index is 0.00906. The van der Waals surface area contributed by atoms with Gasteiger partial charge in [-0.15, -0.1) is 0 Å². The summed E-state index contributed by atoms with van der Waals surface area (Å²) in [6, 6.07) is 12.4. The Bertz CT molecular complexity index is 1330. The number of nitriles is 1. The van der Waals surface area contributed by atoms with Crippen LogP contribution in [0.1, 0.15) is 12.0 Å². The number of aromatic nitrogens is 4. The minimum Gasteiger partial charge on any atom is -0.354 e. The van der Waals surface area contributed by atoms with Gasteiger partial charge in [0.1, 0.15) is 17.7 Å². The van der Waals surface area contributed by atoms with Gasteiger partial charge in [-0.3, -0.25) is 9.67 Å². The van der Waals surface area contributed by atoms with Gasteiger partial charge in [0.25, 0.3) is 0 Å². The van der Waals surface area contributed by atoms with E-state index in [0.717, 1.165) is 54.9 Å². The smallest absolute Gasteiger partial charge is 0.147 e. The van der Waals surface area contributed by atoms with Crippen LogP contribution in [0.5, 0.6) is 0 Å². The van der Waals surface area contributed by atoms with Crippen molar-refractivity contribution >= 4 is 16.7 Å². The van der Waals surface area contributed by atoms with E-state index in [4.69, 9.17) is 15.2 Å². The summed E-state index contributed by atoms with van der Waals surface area (Å²) in [6.07, 6.45) is 4.76. The summed E-state index contributed by atoms with van der Waals surface area (Å²) in [5, 5.41) is 17.9. The van der Waals surface area contributed by atoms with Crippen LogP contribution in [0.3, 0.4) is 0 Å². The number of rotatable bonds is 3. The normalized spacial score (nSPS) is 14.3. The van der Waals surface area contributed by atoms with Crippen molar-refractivity contribution in [2.24, 2.45) is 7.05 Å². The highest BCUT2D eigenvalue weighted by molar-refractivity contribution is 5.87. The molecule has 1 saturated heterocycles. The van der Waals surface area contributed by atoms with Gasteiger partial charge < -0.3 is 10.2 Å². The fraction of sp³-hybridized carbons (Fsp3) is 0.250. The lowest BCUT2D eigenvalue weighted by Gasteiger charge is -2.22. The van der Waals surface area contributed by atoms with E-state index < -0.39 is 5.82 Å². The molecular formula is C24H22FN7. The molecule has 0 aliphatic carbocycles. The van der Waals surface area contributed by atoms with Gasteiger partial charge in [0.2, 0.25) is 0 Å². The first-order chi connectivity index (χ1) is 15.6. The lowest BCUT2D eigenvalue weighted by atomic mass is 10.0. The lowest BCUT2D eigenvalue weighted by molar-refractivity contribution is 0.624. The molecule has 1 aliphatic rings. The predicted molar refractivity (Wildman–Crippen MR) is 122 cm³/mol. The van der Waals surface area contributed by atoms with Crippen molar-refractivity contribution in [2.75, 3.05) is 31.1 Å². The van der Waals surface area contributed by atoms with E-state index >= 15 is 0 Å². The summed E-state index contributed by atoms with van der Waals surface area (Å²) in [6.45, 7) is 3.56. The molecule has 1 aliphatic heterocycles. The number of benzene rings is 2. The van der Waals surface area contributed by atoms with Crippen molar-refractivity contribution in [2.45, 2.75) is 6.42 Å². The van der Waals surface area contributed by atoms with Crippen molar-refractivity contribution in [3.63, 3.8) is 0 Å². The van der Waals surface area contributed by atoms with E-state index in [-0.39, 0.29) is 5.56 Å². The van der Waals surface area contributed by atoms with Crippen LogP contribution in [0.2, 0.25) is 0 Å². The molecule has 0 amide bonds. The van der Waals surface area contributed by atoms with Crippen LogP contribution in [0, 0.1) is 17.1 Å². The van der Waals surface area contributed by atoms with Gasteiger partial charge in [-0.05, 0) is 37.2 Å². The maximum absolute atomic E-state index is 14.5. The molecule has 0 unspecified atom stereocenters. The first-order valence-corrected chi connectivity index (χ1v) is 10.6. The summed E-state index contributed by atoms with van der Waals surface area (Å²) in [5.74, 6) is 0.199. The first kappa shape index (κ1) is 20.1. The quantitative estimate of drug-likeness (QED) is 0.539. The monoisotopic (exact) mass is 427 g/mol. The molecule has 2 aromatic heterocycles. The summed E-state index contributed by atoms with van der Waals surface area (Å²) in [5.41, 5.74) is 3.62. The Kier molecular flexibility index (Phi) is 5.25. The van der Waals surface area contributed by atoms with Gasteiger partial charge in [0.15, 0.2) is 0 Å². The zero-order valence-electron chi connectivity index (χ0n) is 17.7. The average Bonchev–Trinajstić information content (AvgIpc) is 2.98. The Balaban J connectivity index is 1.66. The van der Waals surface area contributed by atoms with Crippen molar-refractivity contribution < 1.29 is 4.39 Å². The number of anilines is 1. The largest absolute Gasteiger partial charge is 0.354 e. The molecule has 3 heterocycles. The summed E-state index contributed by atoms with van der Waals surface area (Å²) >= 11 is 0. The topological polar surface area (TPSA) is 82.7 Å². The Morgan fingerprint density at radius 1 is 1.06 bits per heavy atom. The highest BCUT2D eigenvalue weighted by Gasteiger charge is 2.18. The molecule has 0 radical (unpaired) electrons. The third kappa shape index (κ3) is 3.79. The Morgan fingerprint density at radius 2 is 1.91 bits per heavy atom. The van der Waals surface area contributed by atoms with Gasteiger partial charge in [-0.2, -0.15) is 10.4 Å². The van der Waals surface area contributed by atoms with Crippen molar-refractivity contribution in [1.82, 2.24) is 25.1 Å². The van der Waals surface area contributed by atoms with Gasteiger partial charge >= 0.3 is 0 Å². The van der Waals surface area contributed by atoms with E-state index in [1.807, 2.05) is 37.5 Å². The summed E-state index contributed by atoms with van der Waals surface area (Å²) < 4.78 is 16.3. The number of hydrogen-bond acceptors (Lipinski definition) is 6. The van der Waals surface area contributed by atoms with E-state index in [9.17, 15) is 4.39 Å². The molecule has 0 spiro atoms. The number of nitrogens with zero attached hydrogens (tertiary/aromatic N) is 6. The molecule has 5 rings (SSSR count). The van der Waals surface area contributed by atoms with Crippen molar-refractivity contribution in [1.29, 1.82) is 5.26 Å². The fourth-order valence-corrected chi connectivity index (χ4v) is 4.07. The first-order valence-electron chi connectivity index (χ1n) is 10.6. The maximum atomic E-state index is 14.5. The van der Waals surface area contributed by atoms with Crippen LogP contribution in [0.25, 0.3) is 33.4 Å². The summed E-state index contributed by atoms with van der Waals surface area (Å²) in [7, 11) is 1.88. The van der Waals surface area contributed by atoms with Crippen LogP contribution in [-0.4, -0.2) is 45.9 Å². The Morgan fingerprint density at radius 3 is 2.75 bits per heavy atom. The van der Waals surface area contributed by atoms with Gasteiger partial charge in [0.05, 0.1) is 28.7 Å². The SMILES string of the molecule is Cn1cc2cc(-c3ncc(N4CCCNCC4)nc3-c3ccc(C#N)c(F)c3)ccc2n1. The number of halogens is 1. The zero-order chi connectivity index (χ0) is 22.1. The molecule has 0 saturated carbocycles. The van der Waals surface area contributed by atoms with Gasteiger partial charge in [-0.25, -0.2) is 9.37 Å². The number of nitrogens with one attached hydrogen (secondary N) is 1. The predicted octanol–water partition coefficient (Wildman–Crippen LogP) is 3.51. The standard InChI is InChI=1S/C24H22FN7/c1-31-15-19-11-16(5-6-21(19)30-31)23-24(17-3-4-18(13-26)20(25)12-17)29-22(14-28-23)32-9-2-7-27-8-10-32/h3-6,11-12,14-15,27H,2,7-10H2,1H3. The third-order valence-corrected chi connectivity index (χ3v) is 5.68. The fourth-order valence-electron chi connectivity index (χ4n) is 4.07. The summed E-state index contributed by atoms with van der Waals surface area (Å²) in [4.78, 5) is 11.9. The van der Waals surface area contributed by atoms with Gasteiger partial charge in [0, 0.05) is 49.4 Å². The second-order valence-electron chi connectivity index (χ2n) is 7.90. The maximum Gasteiger partial charge on any atom is 0.147 e. The second-order valence-corrected chi connectivity index (χ2v) is 7.90. The molecule has 0 bridgehead atoms. The van der Waals surface area contributed by atoms with Gasteiger partial charge in [-0.1, -0.05) is 12.1 Å². The van der Waals surface area contributed by atoms with Crippen LogP contribution in [0.15, 0.2) is 48.8 Å². The molecule has 32 heavy (non-hydrogen) atoms. The van der Waals surface area contributed by atoms with Crippen LogP contribution < -0.4 is 10.2 Å². The van der Waals surface area contributed by atoms with Crippen LogP contribution in [0.4, 0.5) is 10.2 Å². The van der Waals surface area contributed by atoms with Crippen molar-refractivity contribution in [3.8, 4) is 28.6 Å². The molecule has 160 valence electrons. The molecular weight excluding hydrogens is 405 g/mol. The van der Waals surface area contributed by atoms with E-state index in [1.165, 1.54) is 12.1 Å². The Hall–Kier alpha value is -3.83. The van der Waals surface area contributed by atoms with E-state index in [1.54, 1.807) is 16.9 Å². The Labute approximate surface area is 185 Å². The lowest BCUT2D eigenvalue weighted by Crippen LogP contribution is -2.28. The highest BCUT2D eigenvalue weighted by atomic mass is 19.1.